The van der Waals surface area contributed by atoms with Crippen LogP contribution in [0.4, 0.5) is 0 Å². The Kier molecular flexibility index (Phi) is 24.4. The molecule has 5 aromatic rings. The average Bonchev–Trinajstić information content (AvgIpc) is 1.48. The van der Waals surface area contributed by atoms with E-state index in [1.165, 1.54) is 34.0 Å². The molecule has 646 valence electrons. The minimum atomic E-state index is -0.922. The van der Waals surface area contributed by atoms with Crippen LogP contribution in [0.25, 0.3) is 42.5 Å². The van der Waals surface area contributed by atoms with Gasteiger partial charge in [0.2, 0.25) is 34.6 Å². The second-order valence-electron chi connectivity index (χ2n) is 33.8. The maximum atomic E-state index is 12.3. The van der Waals surface area contributed by atoms with E-state index in [1.54, 1.807) is 25.2 Å². The molecular formula is C101H112N12O12+2. The normalized spacial score (nSPS) is 20.3. The highest BCUT2D eigenvalue weighted by molar-refractivity contribution is 6.21. The quantitative estimate of drug-likeness (QED) is 0.0106. The van der Waals surface area contributed by atoms with E-state index in [-0.39, 0.29) is 67.6 Å². The molecule has 125 heavy (non-hydrogen) atoms. The maximum absolute atomic E-state index is 12.3. The molecular weight excluding hydrogens is 1570 g/mol. The average molecular weight is 1690 g/mol. The molecule has 11 aliphatic heterocycles. The number of ether oxygens (including phenoxy) is 1. The SMILES string of the molecule is C=CC1=C(C)/C(=C/c2[nH]c(CC3N=C(CC4NC(=O)C(C)=C4C=C)C(C)=C3CCC)c(CCC)c2C)NC1=O.C=CC1=C(C)/C(=C/c2[nH]c(Cc3[nH]c(CC4NC(=O)C(C)=C4C=C)c(C)c3CCOC=O)c(CCC(=O)O)c2C)NC1=O.C=Cc1c(C)c2n3c1C=c1c(C)c(C=C)c4n1C31[N+]3=C(C=4)C(C)=C(CCC(=O)O)C3=CC3=[N+]1C(=C2)C(C)=C3CCC(=O)O. The van der Waals surface area contributed by atoms with Crippen molar-refractivity contribution in [2.24, 2.45) is 4.99 Å². The van der Waals surface area contributed by atoms with Crippen molar-refractivity contribution >= 4 is 108 Å². The van der Waals surface area contributed by atoms with E-state index in [0.29, 0.717) is 73.8 Å². The zero-order valence-corrected chi connectivity index (χ0v) is 74.0. The van der Waals surface area contributed by atoms with Crippen LogP contribution in [0.1, 0.15) is 221 Å². The van der Waals surface area contributed by atoms with Gasteiger partial charge in [-0.1, -0.05) is 112 Å². The molecule has 0 aromatic carbocycles. The van der Waals surface area contributed by atoms with E-state index in [1.807, 2.05) is 58.9 Å². The molecule has 5 aromatic heterocycles. The van der Waals surface area contributed by atoms with Gasteiger partial charge in [-0.25, -0.2) is 0 Å². The van der Waals surface area contributed by atoms with Gasteiger partial charge in [0.25, 0.3) is 18.3 Å². The Balaban J connectivity index is 0.000000153. The molecule has 4 atom stereocenters. The van der Waals surface area contributed by atoms with Crippen LogP contribution in [0.15, 0.2) is 176 Å². The first-order valence-corrected chi connectivity index (χ1v) is 43.0. The number of aromatic amines is 3. The van der Waals surface area contributed by atoms with Gasteiger partial charge in [0.05, 0.1) is 52.9 Å². The van der Waals surface area contributed by atoms with Crippen molar-refractivity contribution in [2.45, 2.75) is 217 Å². The minimum Gasteiger partial charge on any atom is -0.481 e. The number of aromatic nitrogens is 5. The number of nitrogens with zero attached hydrogens (tertiary/aromatic N) is 5. The molecule has 0 fully saturated rings. The third kappa shape index (κ3) is 14.8. The van der Waals surface area contributed by atoms with Gasteiger partial charge in [-0.2, -0.15) is 9.13 Å². The second kappa shape index (κ2) is 34.7. The maximum Gasteiger partial charge on any atom is 0.553 e. The minimum absolute atomic E-state index is 0.0167. The van der Waals surface area contributed by atoms with Gasteiger partial charge in [0.1, 0.15) is 0 Å². The molecule has 4 amide bonds. The van der Waals surface area contributed by atoms with Gasteiger partial charge in [0.15, 0.2) is 0 Å². The third-order valence-electron chi connectivity index (χ3n) is 27.1. The van der Waals surface area contributed by atoms with E-state index in [2.05, 4.69) is 174 Å². The topological polar surface area (TPSA) is 330 Å². The van der Waals surface area contributed by atoms with E-state index >= 15 is 0 Å². The summed E-state index contributed by atoms with van der Waals surface area (Å²) < 4.78 is 14.6. The number of hydrogen-bond acceptors (Lipinski definition) is 10. The number of aliphatic imine (C=N–C) groups is 1. The van der Waals surface area contributed by atoms with E-state index in [9.17, 15) is 53.7 Å². The number of carboxylic acids is 3. The Hall–Kier alpha value is -13.5. The monoisotopic (exact) mass is 1680 g/mol. The molecule has 0 radical (unpaired) electrons. The number of allylic oxidation sites excluding steroid dienone is 8. The molecule has 24 nitrogen and oxygen atoms in total. The van der Waals surface area contributed by atoms with Crippen LogP contribution in [0.2, 0.25) is 0 Å². The number of amides is 4. The smallest absolute Gasteiger partial charge is 0.481 e. The number of hydrogen-bond donors (Lipinski definition) is 10. The standard InChI is InChI=1S/C35H30N4O4.C33H38N4O6.C33H42N4O2/c1-7-21-17(3)25-13-26-19(5)23(9-11-33(40)41)31-16-32-24(10-12-34(42)43)20(6)28-15-30-22(8-2)18(4)27-14-29(21)36(25)35(37(27)30,38(26)31)39(28)32;1-7-21-20(6)32(41)37-28(21)14-26-19(5)24(11-12-43-16-38)30(35-26)15-29-23(9-10-31(39)40)18(4)25(34-29)13-27-17(3)22(8-2)33(42)36-27;1-9-13-24-19(6)26(15-28-18(5)23(12-4)33(39)36-28)34-30(24)17-31-25(14-10-2)20(7)27(35-31)16-29-22(11-3)21(8)32(38)37-29/h7-8,13-16H,1-2,9-12H2,3-6H3;7-8,13,16,28,34-35H,1-2,9-12,14-15H2,3-6H3,(H,36,42)(H,37,41)(H,39,40);11-12,15,29,31,34H,3-4,9-10,13-14,16-17H2,1-2,5-8H3,(H,36,39)(H,37,38)/p+2/b;27-13-;28-15-. The number of nitrogens with one attached hydrogen (secondary N) is 7. The van der Waals surface area contributed by atoms with Crippen molar-refractivity contribution in [1.29, 1.82) is 0 Å². The van der Waals surface area contributed by atoms with Gasteiger partial charge in [0, 0.05) is 170 Å². The summed E-state index contributed by atoms with van der Waals surface area (Å²) in [4.78, 5) is 111. The highest BCUT2D eigenvalue weighted by Gasteiger charge is 2.73. The number of rotatable bonds is 33. The zero-order chi connectivity index (χ0) is 90.1. The number of carbonyl (C=O) groups is 8. The van der Waals surface area contributed by atoms with Gasteiger partial charge < -0.3 is 56.3 Å². The van der Waals surface area contributed by atoms with Gasteiger partial charge in [-0.05, 0) is 211 Å². The van der Waals surface area contributed by atoms with Crippen LogP contribution in [0, 0.1) is 34.6 Å². The molecule has 4 unspecified atom stereocenters. The van der Waals surface area contributed by atoms with Crippen molar-refractivity contribution in [1.82, 2.24) is 45.4 Å². The van der Waals surface area contributed by atoms with E-state index < -0.39 is 23.8 Å². The van der Waals surface area contributed by atoms with Crippen molar-refractivity contribution in [3.63, 3.8) is 0 Å². The molecule has 1 spiro atoms. The molecule has 0 bridgehead atoms. The van der Waals surface area contributed by atoms with Crippen LogP contribution in [-0.4, -0.2) is 138 Å². The summed E-state index contributed by atoms with van der Waals surface area (Å²) in [6.45, 7) is 53.0. The van der Waals surface area contributed by atoms with Crippen LogP contribution in [0.3, 0.4) is 0 Å². The molecule has 10 N–H and O–H groups in total. The Morgan fingerprint density at radius 1 is 0.488 bits per heavy atom. The lowest BCUT2D eigenvalue weighted by Crippen LogP contribution is -2.70. The highest BCUT2D eigenvalue weighted by atomic mass is 16.5. The summed E-state index contributed by atoms with van der Waals surface area (Å²) in [7, 11) is 0. The van der Waals surface area contributed by atoms with Crippen molar-refractivity contribution in [3.05, 3.63) is 283 Å². The molecule has 0 saturated heterocycles. The first-order chi connectivity index (χ1) is 59.7. The number of aliphatic carboxylic acids is 3. The molecule has 16 heterocycles. The Morgan fingerprint density at radius 2 is 1.02 bits per heavy atom. The van der Waals surface area contributed by atoms with Crippen LogP contribution >= 0.6 is 0 Å². The zero-order valence-electron chi connectivity index (χ0n) is 74.0. The Morgan fingerprint density at radius 3 is 1.57 bits per heavy atom. The van der Waals surface area contributed by atoms with E-state index in [0.717, 1.165) is 212 Å². The lowest BCUT2D eigenvalue weighted by Gasteiger charge is -2.38. The van der Waals surface area contributed by atoms with E-state index in [4.69, 9.17) is 9.73 Å². The van der Waals surface area contributed by atoms with Gasteiger partial charge in [-0.3, -0.25) is 43.3 Å². The first-order valence-electron chi connectivity index (χ1n) is 43.0. The second-order valence-corrected chi connectivity index (χ2v) is 33.8. The summed E-state index contributed by atoms with van der Waals surface area (Å²) in [5.41, 5.74) is 38.0. The first kappa shape index (κ1) is 87.8. The largest absolute Gasteiger partial charge is 0.553 e. The van der Waals surface area contributed by atoms with Crippen LogP contribution in [-0.2, 0) is 87.5 Å². The summed E-state index contributed by atoms with van der Waals surface area (Å²) >= 11 is 0. The van der Waals surface area contributed by atoms with Crippen molar-refractivity contribution < 1.29 is 67.6 Å². The van der Waals surface area contributed by atoms with Gasteiger partial charge in [-0.15, -0.1) is 0 Å². The predicted octanol–water partition coefficient (Wildman–Crippen LogP) is 13.7. The van der Waals surface area contributed by atoms with Gasteiger partial charge >= 0.3 is 23.8 Å². The fourth-order valence-electron chi connectivity index (χ4n) is 20.4. The summed E-state index contributed by atoms with van der Waals surface area (Å²) in [5, 5.41) is 42.9. The molecule has 24 heteroatoms. The van der Waals surface area contributed by atoms with Crippen LogP contribution < -0.4 is 32.0 Å². The summed E-state index contributed by atoms with van der Waals surface area (Å²) in [5.74, 6) is -3.94. The Labute approximate surface area is 728 Å². The molecule has 16 rings (SSSR count). The molecule has 0 aliphatic carbocycles. The predicted molar refractivity (Wildman–Crippen MR) is 489 cm³/mol. The lowest BCUT2D eigenvalue weighted by molar-refractivity contribution is -0.837. The summed E-state index contributed by atoms with van der Waals surface area (Å²) in [6, 6.07) is -0.223. The third-order valence-corrected chi connectivity index (χ3v) is 27.1. The lowest BCUT2D eigenvalue weighted by atomic mass is 9.92. The fourth-order valence-corrected chi connectivity index (χ4v) is 20.4. The number of H-pyrrole nitrogens is 3. The van der Waals surface area contributed by atoms with Crippen molar-refractivity contribution in [2.75, 3.05) is 6.61 Å². The number of carbonyl (C=O) groups excluding carboxylic acids is 5. The van der Waals surface area contributed by atoms with Crippen LogP contribution in [0.5, 0.6) is 0 Å². The highest BCUT2D eigenvalue weighted by Crippen LogP contribution is 2.52. The molecule has 0 saturated carbocycles. The molecule has 11 aliphatic rings. The summed E-state index contributed by atoms with van der Waals surface area (Å²) in [6.07, 6.45) is 31.5. The van der Waals surface area contributed by atoms with Crippen molar-refractivity contribution in [3.8, 4) is 0 Å². The fraction of sp³-hybridized carbons (Fsp3) is 0.337. The Bertz CT molecular complexity index is 6400. The number of carboxylic acid groups (broad SMARTS) is 3.